The highest BCUT2D eigenvalue weighted by Crippen LogP contribution is 2.38. The van der Waals surface area contributed by atoms with Gasteiger partial charge in [-0.15, -0.1) is 11.3 Å². The van der Waals surface area contributed by atoms with Crippen LogP contribution in [0.25, 0.3) is 0 Å². The Balaban J connectivity index is 1.54. The maximum Gasteiger partial charge on any atom is 0.266 e. The Morgan fingerprint density at radius 2 is 2.08 bits per heavy atom. The van der Waals surface area contributed by atoms with Crippen LogP contribution in [0.3, 0.4) is 0 Å². The fourth-order valence-electron chi connectivity index (χ4n) is 3.26. The van der Waals surface area contributed by atoms with Gasteiger partial charge < -0.3 is 4.90 Å². The quantitative estimate of drug-likeness (QED) is 0.781. The summed E-state index contributed by atoms with van der Waals surface area (Å²) in [5, 5.41) is 4.53. The van der Waals surface area contributed by atoms with Gasteiger partial charge in [-0.05, 0) is 59.8 Å². The van der Waals surface area contributed by atoms with Gasteiger partial charge in [-0.25, -0.2) is 4.68 Å². The average molecular weight is 408 g/mol. The van der Waals surface area contributed by atoms with Crippen LogP contribution in [-0.4, -0.2) is 33.2 Å². The lowest BCUT2D eigenvalue weighted by molar-refractivity contribution is 0.0725. The zero-order valence-electron chi connectivity index (χ0n) is 13.2. The van der Waals surface area contributed by atoms with Crippen LogP contribution < -0.4 is 5.56 Å². The van der Waals surface area contributed by atoms with E-state index in [1.54, 1.807) is 10.7 Å². The Kier molecular flexibility index (Phi) is 4.30. The van der Waals surface area contributed by atoms with Crippen LogP contribution in [-0.2, 0) is 6.54 Å². The van der Waals surface area contributed by atoms with Crippen molar-refractivity contribution in [1.29, 1.82) is 0 Å². The number of hydrogen-bond acceptors (Lipinski definition) is 4. The number of aromatic nitrogens is 2. The molecule has 126 valence electrons. The maximum absolute atomic E-state index is 12.7. The van der Waals surface area contributed by atoms with Crippen molar-refractivity contribution in [1.82, 2.24) is 14.7 Å². The molecular weight excluding hydrogens is 390 g/mol. The summed E-state index contributed by atoms with van der Waals surface area (Å²) < 4.78 is 2.51. The van der Waals surface area contributed by atoms with Gasteiger partial charge in [-0.3, -0.25) is 9.59 Å². The van der Waals surface area contributed by atoms with E-state index in [9.17, 15) is 9.59 Å². The highest BCUT2D eigenvalue weighted by Gasteiger charge is 2.31. The molecule has 2 aliphatic rings. The maximum atomic E-state index is 12.7. The number of amides is 1. The van der Waals surface area contributed by atoms with E-state index in [0.29, 0.717) is 12.5 Å². The molecule has 1 unspecified atom stereocenters. The first kappa shape index (κ1) is 16.0. The molecule has 1 aliphatic heterocycles. The molecule has 24 heavy (non-hydrogen) atoms. The summed E-state index contributed by atoms with van der Waals surface area (Å²) in [6.07, 6.45) is 4.21. The molecule has 0 spiro atoms. The predicted octanol–water partition coefficient (Wildman–Crippen LogP) is 3.25. The normalized spacial score (nSPS) is 20.5. The Morgan fingerprint density at radius 1 is 1.25 bits per heavy atom. The van der Waals surface area contributed by atoms with Crippen molar-refractivity contribution < 1.29 is 4.79 Å². The van der Waals surface area contributed by atoms with Crippen molar-refractivity contribution in [2.75, 3.05) is 6.54 Å². The third kappa shape index (κ3) is 3.19. The minimum Gasteiger partial charge on any atom is -0.333 e. The van der Waals surface area contributed by atoms with E-state index in [2.05, 4.69) is 21.0 Å². The monoisotopic (exact) mass is 407 g/mol. The molecule has 1 saturated heterocycles. The van der Waals surface area contributed by atoms with Crippen molar-refractivity contribution in [3.05, 3.63) is 49.0 Å². The molecule has 1 saturated carbocycles. The molecule has 0 bridgehead atoms. The van der Waals surface area contributed by atoms with Crippen LogP contribution >= 0.6 is 27.3 Å². The highest BCUT2D eigenvalue weighted by atomic mass is 79.9. The van der Waals surface area contributed by atoms with Gasteiger partial charge in [-0.2, -0.15) is 5.10 Å². The minimum absolute atomic E-state index is 0.0398. The molecule has 4 rings (SSSR count). The summed E-state index contributed by atoms with van der Waals surface area (Å²) >= 11 is 4.86. The van der Waals surface area contributed by atoms with E-state index in [4.69, 9.17) is 0 Å². The molecule has 2 aromatic rings. The van der Waals surface area contributed by atoms with Gasteiger partial charge in [0.25, 0.3) is 11.5 Å². The van der Waals surface area contributed by atoms with Crippen molar-refractivity contribution in [3.63, 3.8) is 0 Å². The molecule has 2 fully saturated rings. The summed E-state index contributed by atoms with van der Waals surface area (Å²) in [6, 6.07) is 7.24. The van der Waals surface area contributed by atoms with E-state index < -0.39 is 0 Å². The SMILES string of the molecule is O=C(c1ccc(Br)s1)N1CCCC1Cn1nc(C2CC2)ccc1=O. The second-order valence-corrected chi connectivity index (χ2v) is 8.91. The van der Waals surface area contributed by atoms with Crippen LogP contribution in [0.15, 0.2) is 32.8 Å². The van der Waals surface area contributed by atoms with E-state index in [-0.39, 0.29) is 17.5 Å². The van der Waals surface area contributed by atoms with Gasteiger partial charge in [0.1, 0.15) is 0 Å². The number of thiophene rings is 1. The topological polar surface area (TPSA) is 55.2 Å². The molecule has 2 aromatic heterocycles. The number of carbonyl (C=O) groups excluding carboxylic acids is 1. The second-order valence-electron chi connectivity index (χ2n) is 6.45. The predicted molar refractivity (Wildman–Crippen MR) is 96.5 cm³/mol. The number of carbonyl (C=O) groups is 1. The van der Waals surface area contributed by atoms with Gasteiger partial charge >= 0.3 is 0 Å². The smallest absolute Gasteiger partial charge is 0.266 e. The first-order valence-electron chi connectivity index (χ1n) is 8.26. The van der Waals surface area contributed by atoms with Crippen LogP contribution in [0.2, 0.25) is 0 Å². The molecule has 0 aromatic carbocycles. The first-order chi connectivity index (χ1) is 11.6. The second kappa shape index (κ2) is 6.44. The summed E-state index contributed by atoms with van der Waals surface area (Å²) in [7, 11) is 0. The van der Waals surface area contributed by atoms with Crippen LogP contribution in [0.1, 0.15) is 47.0 Å². The van der Waals surface area contributed by atoms with Crippen LogP contribution in [0.5, 0.6) is 0 Å². The van der Waals surface area contributed by atoms with Crippen molar-refractivity contribution in [3.8, 4) is 0 Å². The molecule has 0 N–H and O–H groups in total. The number of likely N-dealkylation sites (tertiary alicyclic amines) is 1. The Labute approximate surface area is 152 Å². The first-order valence-corrected chi connectivity index (χ1v) is 9.87. The number of nitrogens with zero attached hydrogens (tertiary/aromatic N) is 3. The van der Waals surface area contributed by atoms with Crippen molar-refractivity contribution in [2.45, 2.75) is 44.2 Å². The highest BCUT2D eigenvalue weighted by molar-refractivity contribution is 9.11. The standard InChI is InChI=1S/C17H18BrN3O2S/c18-15-7-6-14(24-15)17(23)20-9-1-2-12(20)10-21-16(22)8-5-13(19-21)11-3-4-11/h5-8,11-12H,1-4,9-10H2. The van der Waals surface area contributed by atoms with E-state index >= 15 is 0 Å². The van der Waals surface area contributed by atoms with Crippen LogP contribution in [0.4, 0.5) is 0 Å². The molecule has 0 radical (unpaired) electrons. The summed E-state index contributed by atoms with van der Waals surface area (Å²) in [5.41, 5.74) is 0.922. The molecule has 7 heteroatoms. The molecule has 1 aliphatic carbocycles. The number of halogens is 1. The summed E-state index contributed by atoms with van der Waals surface area (Å²) in [4.78, 5) is 27.5. The van der Waals surface area contributed by atoms with E-state index in [1.165, 1.54) is 11.3 Å². The van der Waals surface area contributed by atoms with Crippen molar-refractivity contribution >= 4 is 33.2 Å². The van der Waals surface area contributed by atoms with E-state index in [0.717, 1.165) is 46.6 Å². The molecule has 1 amide bonds. The van der Waals surface area contributed by atoms with Gasteiger partial charge in [0, 0.05) is 18.5 Å². The third-order valence-corrected chi connectivity index (χ3v) is 6.30. The molecule has 5 nitrogen and oxygen atoms in total. The molecule has 3 heterocycles. The van der Waals surface area contributed by atoms with Gasteiger partial charge in [0.2, 0.25) is 0 Å². The number of hydrogen-bond donors (Lipinski definition) is 0. The Hall–Kier alpha value is -1.47. The summed E-state index contributed by atoms with van der Waals surface area (Å²) in [5.74, 6) is 0.571. The van der Waals surface area contributed by atoms with Crippen molar-refractivity contribution in [2.24, 2.45) is 0 Å². The average Bonchev–Trinajstić information content (AvgIpc) is 3.17. The van der Waals surface area contributed by atoms with Crippen LogP contribution in [0, 0.1) is 0 Å². The third-order valence-electron chi connectivity index (χ3n) is 4.69. The molecular formula is C17H18BrN3O2S. The summed E-state index contributed by atoms with van der Waals surface area (Å²) in [6.45, 7) is 1.23. The van der Waals surface area contributed by atoms with Gasteiger partial charge in [0.05, 0.1) is 26.9 Å². The largest absolute Gasteiger partial charge is 0.333 e. The van der Waals surface area contributed by atoms with E-state index in [1.807, 2.05) is 23.1 Å². The zero-order chi connectivity index (χ0) is 16.7. The fourth-order valence-corrected chi connectivity index (χ4v) is 4.60. The molecule has 1 atom stereocenters. The lowest BCUT2D eigenvalue weighted by Gasteiger charge is -2.24. The Morgan fingerprint density at radius 3 is 2.79 bits per heavy atom. The lowest BCUT2D eigenvalue weighted by Crippen LogP contribution is -2.40. The van der Waals surface area contributed by atoms with Gasteiger partial charge in [-0.1, -0.05) is 0 Å². The van der Waals surface area contributed by atoms with Gasteiger partial charge in [0.15, 0.2) is 0 Å². The zero-order valence-corrected chi connectivity index (χ0v) is 15.6. The lowest BCUT2D eigenvalue weighted by atomic mass is 10.2. The minimum atomic E-state index is -0.0856. The number of rotatable bonds is 4. The Bertz CT molecular complexity index is 827. The fraction of sp³-hybridized carbons (Fsp3) is 0.471.